The molecule has 1 aromatic carbocycles. The highest BCUT2D eigenvalue weighted by molar-refractivity contribution is 5.95. The summed E-state index contributed by atoms with van der Waals surface area (Å²) < 4.78 is 0. The van der Waals surface area contributed by atoms with E-state index in [1.807, 2.05) is 13.8 Å². The quantitative estimate of drug-likeness (QED) is 0.597. The lowest BCUT2D eigenvalue weighted by Gasteiger charge is -2.34. The number of fused-ring (bicyclic) bond motifs is 1. The van der Waals surface area contributed by atoms with Gasteiger partial charge in [-0.1, -0.05) is 6.92 Å². The Morgan fingerprint density at radius 2 is 2.22 bits per heavy atom. The van der Waals surface area contributed by atoms with Gasteiger partial charge < -0.3 is 4.90 Å². The molecule has 1 heterocycles. The zero-order valence-corrected chi connectivity index (χ0v) is 10.8. The molecule has 96 valence electrons. The summed E-state index contributed by atoms with van der Waals surface area (Å²) in [6, 6.07) is 4.71. The molecule has 1 aliphatic rings. The first-order valence-electron chi connectivity index (χ1n) is 5.97. The van der Waals surface area contributed by atoms with Gasteiger partial charge in [0.15, 0.2) is 0 Å². The van der Waals surface area contributed by atoms with Crippen LogP contribution in [0, 0.1) is 10.1 Å². The number of nitro groups is 1. The van der Waals surface area contributed by atoms with Crippen molar-refractivity contribution in [1.29, 1.82) is 0 Å². The van der Waals surface area contributed by atoms with Gasteiger partial charge in [-0.2, -0.15) is 0 Å². The predicted molar refractivity (Wildman–Crippen MR) is 68.7 cm³/mol. The lowest BCUT2D eigenvalue weighted by Crippen LogP contribution is -2.46. The first-order valence-corrected chi connectivity index (χ1v) is 5.97. The highest BCUT2D eigenvalue weighted by Gasteiger charge is 2.41. The lowest BCUT2D eigenvalue weighted by atomic mass is 9.93. The van der Waals surface area contributed by atoms with Crippen molar-refractivity contribution in [2.24, 2.45) is 0 Å². The van der Waals surface area contributed by atoms with Gasteiger partial charge in [-0.15, -0.1) is 0 Å². The molecule has 1 aromatic rings. The van der Waals surface area contributed by atoms with Crippen molar-refractivity contribution in [2.45, 2.75) is 39.2 Å². The van der Waals surface area contributed by atoms with E-state index in [9.17, 15) is 14.9 Å². The number of rotatable bonds is 2. The van der Waals surface area contributed by atoms with Gasteiger partial charge in [0.2, 0.25) is 5.91 Å². The molecular weight excluding hydrogens is 232 g/mol. The van der Waals surface area contributed by atoms with Gasteiger partial charge in [0.25, 0.3) is 5.69 Å². The fourth-order valence-electron chi connectivity index (χ4n) is 2.66. The second-order valence-corrected chi connectivity index (χ2v) is 4.95. The molecule has 1 atom stereocenters. The predicted octanol–water partition coefficient (Wildman–Crippen LogP) is 2.67. The summed E-state index contributed by atoms with van der Waals surface area (Å²) in [6.07, 6.45) is 1.48. The number of nitrogens with zero attached hydrogens (tertiary/aromatic N) is 2. The molecule has 0 bridgehead atoms. The van der Waals surface area contributed by atoms with Crippen LogP contribution in [-0.2, 0) is 11.2 Å². The lowest BCUT2D eigenvalue weighted by molar-refractivity contribution is -0.384. The van der Waals surface area contributed by atoms with Crippen LogP contribution in [0.3, 0.4) is 0 Å². The number of carbonyl (C=O) groups excluding carboxylic acids is 1. The molecule has 0 N–H and O–H groups in total. The number of benzene rings is 1. The van der Waals surface area contributed by atoms with Crippen LogP contribution in [-0.4, -0.2) is 16.4 Å². The van der Waals surface area contributed by atoms with Gasteiger partial charge in [0.1, 0.15) is 0 Å². The summed E-state index contributed by atoms with van der Waals surface area (Å²) in [5, 5.41) is 10.8. The summed E-state index contributed by atoms with van der Waals surface area (Å²) in [5.74, 6) is -0.0213. The zero-order chi connectivity index (χ0) is 13.5. The molecular formula is C13H16N2O3. The van der Waals surface area contributed by atoms with Crippen molar-refractivity contribution in [3.63, 3.8) is 0 Å². The SMILES string of the molecule is CCC1(C)Cc2cc([N+](=O)[O-])ccc2N1C(C)=O. The molecule has 5 heteroatoms. The van der Waals surface area contributed by atoms with Gasteiger partial charge in [-0.25, -0.2) is 0 Å². The summed E-state index contributed by atoms with van der Waals surface area (Å²) in [7, 11) is 0. The van der Waals surface area contributed by atoms with Crippen LogP contribution in [0.15, 0.2) is 18.2 Å². The largest absolute Gasteiger partial charge is 0.306 e. The maximum absolute atomic E-state index is 11.8. The van der Waals surface area contributed by atoms with Crippen LogP contribution in [0.4, 0.5) is 11.4 Å². The maximum Gasteiger partial charge on any atom is 0.269 e. The Labute approximate surface area is 106 Å². The molecule has 18 heavy (non-hydrogen) atoms. The third kappa shape index (κ3) is 1.75. The van der Waals surface area contributed by atoms with E-state index in [4.69, 9.17) is 0 Å². The number of non-ortho nitro benzene ring substituents is 1. The first-order chi connectivity index (χ1) is 8.39. The first kappa shape index (κ1) is 12.5. The molecule has 0 radical (unpaired) electrons. The monoisotopic (exact) mass is 248 g/mol. The molecule has 1 unspecified atom stereocenters. The van der Waals surface area contributed by atoms with Gasteiger partial charge in [-0.05, 0) is 31.4 Å². The Morgan fingerprint density at radius 3 is 2.72 bits per heavy atom. The molecule has 0 aromatic heterocycles. The van der Waals surface area contributed by atoms with E-state index < -0.39 is 4.92 Å². The minimum atomic E-state index is -0.403. The van der Waals surface area contributed by atoms with Crippen LogP contribution in [0.25, 0.3) is 0 Å². The molecule has 0 aliphatic carbocycles. The van der Waals surface area contributed by atoms with E-state index in [-0.39, 0.29) is 17.1 Å². The van der Waals surface area contributed by atoms with Crippen molar-refractivity contribution >= 4 is 17.3 Å². The van der Waals surface area contributed by atoms with E-state index in [1.165, 1.54) is 13.0 Å². The second kappa shape index (κ2) is 4.08. The molecule has 0 fully saturated rings. The van der Waals surface area contributed by atoms with E-state index in [0.717, 1.165) is 17.7 Å². The van der Waals surface area contributed by atoms with Gasteiger partial charge in [0.05, 0.1) is 4.92 Å². The Bertz CT molecular complexity index is 527. The Hall–Kier alpha value is -1.91. The highest BCUT2D eigenvalue weighted by Crippen LogP contribution is 2.41. The normalized spacial score (nSPS) is 21.8. The number of amides is 1. The van der Waals surface area contributed by atoms with Crippen molar-refractivity contribution in [1.82, 2.24) is 0 Å². The molecule has 5 nitrogen and oxygen atoms in total. The van der Waals surface area contributed by atoms with Crippen LogP contribution in [0.2, 0.25) is 0 Å². The average molecular weight is 248 g/mol. The molecule has 0 saturated carbocycles. The fraction of sp³-hybridized carbons (Fsp3) is 0.462. The van der Waals surface area contributed by atoms with Crippen LogP contribution in [0.5, 0.6) is 0 Å². The van der Waals surface area contributed by atoms with Crippen molar-refractivity contribution in [3.8, 4) is 0 Å². The topological polar surface area (TPSA) is 63.5 Å². The van der Waals surface area contributed by atoms with Crippen LogP contribution < -0.4 is 4.90 Å². The number of anilines is 1. The third-order valence-electron chi connectivity index (χ3n) is 3.70. The Kier molecular flexibility index (Phi) is 2.84. The number of hydrogen-bond acceptors (Lipinski definition) is 3. The molecule has 1 aliphatic heterocycles. The van der Waals surface area contributed by atoms with E-state index in [0.29, 0.717) is 6.42 Å². The summed E-state index contributed by atoms with van der Waals surface area (Å²) >= 11 is 0. The van der Waals surface area contributed by atoms with Gasteiger partial charge in [-0.3, -0.25) is 14.9 Å². The number of hydrogen-bond donors (Lipinski definition) is 0. The van der Waals surface area contributed by atoms with Gasteiger partial charge >= 0.3 is 0 Å². The van der Waals surface area contributed by atoms with E-state index in [2.05, 4.69) is 0 Å². The molecule has 0 saturated heterocycles. The summed E-state index contributed by atoms with van der Waals surface area (Å²) in [5.41, 5.74) is 1.49. The van der Waals surface area contributed by atoms with Crippen LogP contribution in [0.1, 0.15) is 32.8 Å². The second-order valence-electron chi connectivity index (χ2n) is 4.95. The third-order valence-corrected chi connectivity index (χ3v) is 3.70. The minimum absolute atomic E-state index is 0.0213. The number of nitro benzene ring substituents is 1. The fourth-order valence-corrected chi connectivity index (χ4v) is 2.66. The standard InChI is InChI=1S/C13H16N2O3/c1-4-13(3)8-10-7-11(15(17)18)5-6-12(10)14(13)9(2)16/h5-7H,4,8H2,1-3H3. The van der Waals surface area contributed by atoms with Crippen LogP contribution >= 0.6 is 0 Å². The molecule has 0 spiro atoms. The van der Waals surface area contributed by atoms with Crippen molar-refractivity contribution in [3.05, 3.63) is 33.9 Å². The molecule has 1 amide bonds. The van der Waals surface area contributed by atoms with Gasteiger partial charge in [0, 0.05) is 30.3 Å². The smallest absolute Gasteiger partial charge is 0.269 e. The highest BCUT2D eigenvalue weighted by atomic mass is 16.6. The minimum Gasteiger partial charge on any atom is -0.306 e. The van der Waals surface area contributed by atoms with Crippen molar-refractivity contribution < 1.29 is 9.72 Å². The summed E-state index contributed by atoms with van der Waals surface area (Å²) in [4.78, 5) is 23.9. The van der Waals surface area contributed by atoms with Crippen molar-refractivity contribution in [2.75, 3.05) is 4.90 Å². The molecule has 2 rings (SSSR count). The Morgan fingerprint density at radius 1 is 1.56 bits per heavy atom. The average Bonchev–Trinajstić information content (AvgIpc) is 2.60. The maximum atomic E-state index is 11.8. The number of carbonyl (C=O) groups is 1. The Balaban J connectivity index is 2.53. The zero-order valence-electron chi connectivity index (χ0n) is 10.8. The summed E-state index contributed by atoms with van der Waals surface area (Å²) in [6.45, 7) is 5.57. The van der Waals surface area contributed by atoms with E-state index >= 15 is 0 Å². The van der Waals surface area contributed by atoms with E-state index in [1.54, 1.807) is 17.0 Å².